The molecule has 1 amide bonds. The maximum atomic E-state index is 12.5. The third-order valence-electron chi connectivity index (χ3n) is 4.08. The summed E-state index contributed by atoms with van der Waals surface area (Å²) in [6.45, 7) is 3.15. The summed E-state index contributed by atoms with van der Waals surface area (Å²) in [5, 5.41) is 0. The molecule has 5 heteroatoms. The molecule has 0 bridgehead atoms. The van der Waals surface area contributed by atoms with Crippen molar-refractivity contribution in [3.05, 3.63) is 57.7 Å². The second-order valence-corrected chi connectivity index (χ2v) is 6.73. The number of hydrogen-bond donors (Lipinski definition) is 0. The fourth-order valence-corrected chi connectivity index (χ4v) is 3.11. The molecule has 3 rings (SSSR count). The van der Waals surface area contributed by atoms with Crippen molar-refractivity contribution in [3.63, 3.8) is 0 Å². The molecule has 1 saturated heterocycles. The van der Waals surface area contributed by atoms with Gasteiger partial charge in [-0.3, -0.25) is 4.79 Å². The Bertz CT molecular complexity index is 680. The second kappa shape index (κ2) is 7.21. The maximum Gasteiger partial charge on any atom is 0.253 e. The van der Waals surface area contributed by atoms with Crippen LogP contribution in [0.25, 0.3) is 0 Å². The average Bonchev–Trinajstić information content (AvgIpc) is 2.62. The van der Waals surface area contributed by atoms with Gasteiger partial charge >= 0.3 is 0 Å². The van der Waals surface area contributed by atoms with Crippen molar-refractivity contribution < 1.29 is 9.53 Å². The number of halogens is 1. The number of methoxy groups -OCH3 is 1. The molecular weight excluding hydrogens is 403 g/mol. The fraction of sp³-hybridized carbons (Fsp3) is 0.278. The van der Waals surface area contributed by atoms with E-state index in [2.05, 4.69) is 33.6 Å². The van der Waals surface area contributed by atoms with Gasteiger partial charge in [0.15, 0.2) is 0 Å². The molecule has 4 nitrogen and oxygen atoms in total. The van der Waals surface area contributed by atoms with Crippen molar-refractivity contribution in [2.75, 3.05) is 38.2 Å². The fourth-order valence-electron chi connectivity index (χ4n) is 2.75. The van der Waals surface area contributed by atoms with Gasteiger partial charge in [0, 0.05) is 47.1 Å². The second-order valence-electron chi connectivity index (χ2n) is 5.49. The standard InChI is InChI=1S/C18H19IN2O2/c1-23-17-4-2-3-16(13-17)20-9-11-21(12-10-20)18(22)14-5-7-15(19)8-6-14/h2-8,13H,9-12H2,1H3. The smallest absolute Gasteiger partial charge is 0.253 e. The number of amides is 1. The van der Waals surface area contributed by atoms with Gasteiger partial charge in [-0.25, -0.2) is 0 Å². The molecule has 120 valence electrons. The van der Waals surface area contributed by atoms with E-state index < -0.39 is 0 Å². The summed E-state index contributed by atoms with van der Waals surface area (Å²) in [6, 6.07) is 15.8. The minimum absolute atomic E-state index is 0.117. The van der Waals surface area contributed by atoms with Crippen molar-refractivity contribution in [2.45, 2.75) is 0 Å². The van der Waals surface area contributed by atoms with Gasteiger partial charge in [-0.1, -0.05) is 6.07 Å². The molecule has 1 heterocycles. The molecule has 2 aromatic carbocycles. The molecule has 1 aliphatic heterocycles. The molecule has 0 aliphatic carbocycles. The van der Waals surface area contributed by atoms with Crippen LogP contribution in [0.3, 0.4) is 0 Å². The summed E-state index contributed by atoms with van der Waals surface area (Å²) in [5.74, 6) is 0.978. The summed E-state index contributed by atoms with van der Waals surface area (Å²) in [6.07, 6.45) is 0. The summed E-state index contributed by atoms with van der Waals surface area (Å²) in [7, 11) is 1.68. The van der Waals surface area contributed by atoms with E-state index in [9.17, 15) is 4.79 Å². The van der Waals surface area contributed by atoms with Crippen molar-refractivity contribution in [3.8, 4) is 5.75 Å². The summed E-state index contributed by atoms with van der Waals surface area (Å²) < 4.78 is 6.42. The Balaban J connectivity index is 1.63. The van der Waals surface area contributed by atoms with Gasteiger partial charge in [0.1, 0.15) is 5.75 Å². The first-order valence-corrected chi connectivity index (χ1v) is 8.69. The van der Waals surface area contributed by atoms with Crippen LogP contribution in [0.15, 0.2) is 48.5 Å². The van der Waals surface area contributed by atoms with Crippen LogP contribution in [0, 0.1) is 3.57 Å². The number of anilines is 1. The van der Waals surface area contributed by atoms with Gasteiger partial charge in [0.05, 0.1) is 7.11 Å². The van der Waals surface area contributed by atoms with E-state index in [1.165, 1.54) is 0 Å². The van der Waals surface area contributed by atoms with Crippen LogP contribution in [0.2, 0.25) is 0 Å². The van der Waals surface area contributed by atoms with Crippen LogP contribution < -0.4 is 9.64 Å². The lowest BCUT2D eigenvalue weighted by molar-refractivity contribution is 0.0746. The number of hydrogen-bond acceptors (Lipinski definition) is 3. The minimum Gasteiger partial charge on any atom is -0.497 e. The Morgan fingerprint density at radius 1 is 1.04 bits per heavy atom. The number of nitrogens with zero attached hydrogens (tertiary/aromatic N) is 2. The minimum atomic E-state index is 0.117. The van der Waals surface area contributed by atoms with E-state index >= 15 is 0 Å². The van der Waals surface area contributed by atoms with E-state index in [4.69, 9.17) is 4.74 Å². The van der Waals surface area contributed by atoms with Gasteiger partial charge in [0.2, 0.25) is 0 Å². The van der Waals surface area contributed by atoms with Crippen LogP contribution in [0.1, 0.15) is 10.4 Å². The Hall–Kier alpha value is -1.76. The number of piperazine rings is 1. The molecule has 0 N–H and O–H groups in total. The normalized spacial score (nSPS) is 14.7. The Kier molecular flexibility index (Phi) is 5.05. The lowest BCUT2D eigenvalue weighted by Crippen LogP contribution is -2.48. The average molecular weight is 422 g/mol. The number of carbonyl (C=O) groups excluding carboxylic acids is 1. The van der Waals surface area contributed by atoms with Crippen molar-refractivity contribution >= 4 is 34.2 Å². The van der Waals surface area contributed by atoms with Crippen molar-refractivity contribution in [1.82, 2.24) is 4.90 Å². The zero-order valence-electron chi connectivity index (χ0n) is 13.0. The van der Waals surface area contributed by atoms with Crippen molar-refractivity contribution in [1.29, 1.82) is 0 Å². The Morgan fingerprint density at radius 2 is 1.74 bits per heavy atom. The quantitative estimate of drug-likeness (QED) is 0.713. The SMILES string of the molecule is COc1cccc(N2CCN(C(=O)c3ccc(I)cc3)CC2)c1. The molecule has 0 atom stereocenters. The van der Waals surface area contributed by atoms with E-state index in [1.54, 1.807) is 7.11 Å². The molecule has 0 aromatic heterocycles. The lowest BCUT2D eigenvalue weighted by Gasteiger charge is -2.36. The first-order valence-electron chi connectivity index (χ1n) is 7.61. The molecule has 1 aliphatic rings. The van der Waals surface area contributed by atoms with E-state index in [0.717, 1.165) is 46.7 Å². The monoisotopic (exact) mass is 422 g/mol. The molecular formula is C18H19IN2O2. The Labute approximate surface area is 150 Å². The molecule has 0 spiro atoms. The predicted molar refractivity (Wildman–Crippen MR) is 100 cm³/mol. The van der Waals surface area contributed by atoms with Gasteiger partial charge in [0.25, 0.3) is 5.91 Å². The molecule has 1 fully saturated rings. The number of rotatable bonds is 3. The topological polar surface area (TPSA) is 32.8 Å². The molecule has 0 unspecified atom stereocenters. The van der Waals surface area contributed by atoms with Crippen LogP contribution in [0.5, 0.6) is 5.75 Å². The van der Waals surface area contributed by atoms with Gasteiger partial charge in [-0.2, -0.15) is 0 Å². The summed E-state index contributed by atoms with van der Waals surface area (Å²) in [5.41, 5.74) is 1.91. The molecule has 0 radical (unpaired) electrons. The van der Waals surface area contributed by atoms with E-state index in [1.807, 2.05) is 47.4 Å². The third kappa shape index (κ3) is 3.77. The van der Waals surface area contributed by atoms with E-state index in [0.29, 0.717) is 0 Å². The largest absolute Gasteiger partial charge is 0.497 e. The molecule has 0 saturated carbocycles. The predicted octanol–water partition coefficient (Wildman–Crippen LogP) is 3.26. The molecule has 23 heavy (non-hydrogen) atoms. The number of ether oxygens (including phenoxy) is 1. The highest BCUT2D eigenvalue weighted by molar-refractivity contribution is 14.1. The van der Waals surface area contributed by atoms with E-state index in [-0.39, 0.29) is 5.91 Å². The van der Waals surface area contributed by atoms with Gasteiger partial charge in [-0.15, -0.1) is 0 Å². The highest BCUT2D eigenvalue weighted by Gasteiger charge is 2.22. The van der Waals surface area contributed by atoms with Crippen LogP contribution in [-0.2, 0) is 0 Å². The lowest BCUT2D eigenvalue weighted by atomic mass is 10.1. The zero-order chi connectivity index (χ0) is 16.2. The molecule has 2 aromatic rings. The third-order valence-corrected chi connectivity index (χ3v) is 4.80. The highest BCUT2D eigenvalue weighted by atomic mass is 127. The maximum absolute atomic E-state index is 12.5. The number of benzene rings is 2. The van der Waals surface area contributed by atoms with Gasteiger partial charge < -0.3 is 14.5 Å². The summed E-state index contributed by atoms with van der Waals surface area (Å²) in [4.78, 5) is 16.8. The first kappa shape index (κ1) is 16.1. The first-order chi connectivity index (χ1) is 11.2. The van der Waals surface area contributed by atoms with Crippen LogP contribution in [-0.4, -0.2) is 44.1 Å². The van der Waals surface area contributed by atoms with Crippen LogP contribution in [0.4, 0.5) is 5.69 Å². The van der Waals surface area contributed by atoms with Crippen molar-refractivity contribution in [2.24, 2.45) is 0 Å². The van der Waals surface area contributed by atoms with Gasteiger partial charge in [-0.05, 0) is 59.0 Å². The van der Waals surface area contributed by atoms with Crippen LogP contribution >= 0.6 is 22.6 Å². The zero-order valence-corrected chi connectivity index (χ0v) is 15.2. The highest BCUT2D eigenvalue weighted by Crippen LogP contribution is 2.22. The Morgan fingerprint density at radius 3 is 2.39 bits per heavy atom. The number of carbonyl (C=O) groups is 1. The summed E-state index contributed by atoms with van der Waals surface area (Å²) >= 11 is 2.25.